The average molecular weight is 314 g/mol. The van der Waals surface area contributed by atoms with Crippen LogP contribution in [0.15, 0.2) is 23.4 Å². The lowest BCUT2D eigenvalue weighted by Gasteiger charge is -2.10. The van der Waals surface area contributed by atoms with E-state index in [4.69, 9.17) is 0 Å². The first-order valence-corrected chi connectivity index (χ1v) is 8.09. The maximum atomic E-state index is 11.5. The van der Waals surface area contributed by atoms with Crippen LogP contribution in [0.25, 0.3) is 16.6 Å². The van der Waals surface area contributed by atoms with Gasteiger partial charge in [0, 0.05) is 7.05 Å². The molecule has 0 saturated heterocycles. The molecular formula is C16H18N4OS. The second kappa shape index (κ2) is 5.61. The van der Waals surface area contributed by atoms with Crippen LogP contribution in [0.4, 0.5) is 0 Å². The quantitative estimate of drug-likeness (QED) is 0.755. The first kappa shape index (κ1) is 14.8. The van der Waals surface area contributed by atoms with Crippen LogP contribution in [0.2, 0.25) is 0 Å². The molecule has 2 aromatic heterocycles. The van der Waals surface area contributed by atoms with Crippen LogP contribution in [0.1, 0.15) is 16.7 Å². The number of thioether (sulfide) groups is 1. The lowest BCUT2D eigenvalue weighted by Crippen LogP contribution is -2.19. The van der Waals surface area contributed by atoms with Crippen molar-refractivity contribution in [2.45, 2.75) is 25.9 Å². The molecule has 1 aromatic carbocycles. The van der Waals surface area contributed by atoms with Crippen LogP contribution in [0.3, 0.4) is 0 Å². The third-order valence-corrected chi connectivity index (χ3v) is 4.60. The molecule has 0 unspecified atom stereocenters. The Labute approximate surface area is 133 Å². The Morgan fingerprint density at radius 3 is 2.68 bits per heavy atom. The van der Waals surface area contributed by atoms with Crippen LogP contribution in [0.5, 0.6) is 0 Å². The molecule has 0 saturated carbocycles. The maximum absolute atomic E-state index is 11.5. The van der Waals surface area contributed by atoms with E-state index < -0.39 is 0 Å². The number of aryl methyl sites for hydroxylation is 3. The summed E-state index contributed by atoms with van der Waals surface area (Å²) in [6.45, 7) is 6.23. The number of benzene rings is 1. The van der Waals surface area contributed by atoms with Gasteiger partial charge in [-0.05, 0) is 49.4 Å². The zero-order chi connectivity index (χ0) is 15.9. The summed E-state index contributed by atoms with van der Waals surface area (Å²) < 4.78 is 2.06. The topological polar surface area (TPSA) is 59.3 Å². The number of nitrogens with one attached hydrogen (secondary N) is 1. The predicted molar refractivity (Wildman–Crippen MR) is 89.5 cm³/mol. The highest BCUT2D eigenvalue weighted by Gasteiger charge is 2.14. The molecule has 0 aliphatic rings. The first-order chi connectivity index (χ1) is 10.5. The Hall–Kier alpha value is -2.08. The predicted octanol–water partition coefficient (Wildman–Crippen LogP) is 2.65. The first-order valence-electron chi connectivity index (χ1n) is 7.10. The molecular weight excluding hydrogens is 296 g/mol. The molecule has 0 atom stereocenters. The van der Waals surface area contributed by atoms with Crippen LogP contribution in [-0.4, -0.2) is 33.3 Å². The van der Waals surface area contributed by atoms with Crippen LogP contribution in [-0.2, 0) is 4.79 Å². The van der Waals surface area contributed by atoms with E-state index in [9.17, 15) is 4.79 Å². The summed E-state index contributed by atoms with van der Waals surface area (Å²) in [6, 6.07) is 6.47. The second-order valence-electron chi connectivity index (χ2n) is 5.45. The number of pyridine rings is 1. The fourth-order valence-electron chi connectivity index (χ4n) is 2.73. The average Bonchev–Trinajstić information content (AvgIpc) is 2.88. The minimum absolute atomic E-state index is 0.0220. The molecule has 1 N–H and O–H groups in total. The van der Waals surface area contributed by atoms with Gasteiger partial charge in [-0.25, -0.2) is 0 Å². The van der Waals surface area contributed by atoms with E-state index in [2.05, 4.69) is 52.0 Å². The molecule has 2 heterocycles. The van der Waals surface area contributed by atoms with Crippen molar-refractivity contribution < 1.29 is 4.79 Å². The highest BCUT2D eigenvalue weighted by molar-refractivity contribution is 7.99. The standard InChI is InChI=1S/C16H18N4OS/c1-9-5-10(2)14-12(6-9)7-11(3)15-18-19-16(20(14)15)22-8-13(21)17-4/h5-7H,8H2,1-4H3,(H,17,21). The van der Waals surface area contributed by atoms with Gasteiger partial charge in [-0.1, -0.05) is 23.4 Å². The summed E-state index contributed by atoms with van der Waals surface area (Å²) >= 11 is 1.40. The van der Waals surface area contributed by atoms with Gasteiger partial charge < -0.3 is 5.32 Å². The molecule has 1 amide bonds. The van der Waals surface area contributed by atoms with Crippen molar-refractivity contribution in [1.29, 1.82) is 0 Å². The van der Waals surface area contributed by atoms with Crippen LogP contribution in [0, 0.1) is 20.8 Å². The fraction of sp³-hybridized carbons (Fsp3) is 0.312. The molecule has 0 fully saturated rings. The monoisotopic (exact) mass is 314 g/mol. The van der Waals surface area contributed by atoms with E-state index in [-0.39, 0.29) is 5.91 Å². The zero-order valence-electron chi connectivity index (χ0n) is 13.1. The van der Waals surface area contributed by atoms with Crippen LogP contribution >= 0.6 is 11.8 Å². The third kappa shape index (κ3) is 2.43. The second-order valence-corrected chi connectivity index (χ2v) is 6.39. The zero-order valence-corrected chi connectivity index (χ0v) is 13.9. The number of hydrogen-bond donors (Lipinski definition) is 1. The Kier molecular flexibility index (Phi) is 3.78. The largest absolute Gasteiger partial charge is 0.358 e. The van der Waals surface area contributed by atoms with E-state index >= 15 is 0 Å². The van der Waals surface area contributed by atoms with Gasteiger partial charge in [0.2, 0.25) is 5.91 Å². The van der Waals surface area contributed by atoms with Crippen molar-refractivity contribution in [2.24, 2.45) is 0 Å². The summed E-state index contributed by atoms with van der Waals surface area (Å²) in [5.41, 5.74) is 5.45. The number of amides is 1. The summed E-state index contributed by atoms with van der Waals surface area (Å²) in [5, 5.41) is 13.1. The van der Waals surface area contributed by atoms with Gasteiger partial charge in [-0.3, -0.25) is 9.20 Å². The number of fused-ring (bicyclic) bond motifs is 3. The Morgan fingerprint density at radius 1 is 1.18 bits per heavy atom. The lowest BCUT2D eigenvalue weighted by atomic mass is 10.1. The molecule has 0 radical (unpaired) electrons. The highest BCUT2D eigenvalue weighted by atomic mass is 32.2. The molecule has 0 aliphatic heterocycles. The number of carbonyl (C=O) groups excluding carboxylic acids is 1. The van der Waals surface area contributed by atoms with E-state index in [0.717, 1.165) is 21.9 Å². The Bertz CT molecular complexity index is 885. The maximum Gasteiger partial charge on any atom is 0.230 e. The highest BCUT2D eigenvalue weighted by Crippen LogP contribution is 2.28. The van der Waals surface area contributed by atoms with Gasteiger partial charge in [-0.15, -0.1) is 10.2 Å². The SMILES string of the molecule is CNC(=O)CSc1nnc2c(C)cc3cc(C)cc(C)c3n12. The Balaban J connectivity index is 2.25. The summed E-state index contributed by atoms with van der Waals surface area (Å²) in [6.07, 6.45) is 0. The van der Waals surface area contributed by atoms with Gasteiger partial charge >= 0.3 is 0 Å². The summed E-state index contributed by atoms with van der Waals surface area (Å²) in [7, 11) is 1.64. The van der Waals surface area contributed by atoms with Crippen molar-refractivity contribution in [3.63, 3.8) is 0 Å². The van der Waals surface area contributed by atoms with E-state index in [0.29, 0.717) is 5.75 Å². The van der Waals surface area contributed by atoms with Crippen molar-refractivity contribution in [3.8, 4) is 0 Å². The van der Waals surface area contributed by atoms with Crippen molar-refractivity contribution in [1.82, 2.24) is 19.9 Å². The van der Waals surface area contributed by atoms with Gasteiger partial charge in [0.1, 0.15) is 0 Å². The fourth-order valence-corrected chi connectivity index (χ4v) is 3.54. The van der Waals surface area contributed by atoms with E-state index in [1.165, 1.54) is 28.3 Å². The van der Waals surface area contributed by atoms with Gasteiger partial charge in [-0.2, -0.15) is 0 Å². The molecule has 0 aliphatic carbocycles. The van der Waals surface area contributed by atoms with Gasteiger partial charge in [0.15, 0.2) is 10.8 Å². The molecule has 0 bridgehead atoms. The number of nitrogens with zero attached hydrogens (tertiary/aromatic N) is 3. The summed E-state index contributed by atoms with van der Waals surface area (Å²) in [4.78, 5) is 11.5. The number of rotatable bonds is 3. The van der Waals surface area contributed by atoms with E-state index in [1.807, 2.05) is 6.92 Å². The molecule has 6 heteroatoms. The number of aromatic nitrogens is 3. The number of carbonyl (C=O) groups is 1. The molecule has 3 rings (SSSR count). The van der Waals surface area contributed by atoms with Crippen LogP contribution < -0.4 is 5.32 Å². The minimum atomic E-state index is -0.0220. The molecule has 0 spiro atoms. The molecule has 22 heavy (non-hydrogen) atoms. The normalized spacial score (nSPS) is 11.3. The smallest absolute Gasteiger partial charge is 0.230 e. The van der Waals surface area contributed by atoms with Gasteiger partial charge in [0.05, 0.1) is 11.3 Å². The minimum Gasteiger partial charge on any atom is -0.358 e. The van der Waals surface area contributed by atoms with Crippen molar-refractivity contribution in [3.05, 3.63) is 34.9 Å². The molecule has 114 valence electrons. The van der Waals surface area contributed by atoms with Gasteiger partial charge in [0.25, 0.3) is 0 Å². The molecule has 5 nitrogen and oxygen atoms in total. The third-order valence-electron chi connectivity index (χ3n) is 3.67. The van der Waals surface area contributed by atoms with E-state index in [1.54, 1.807) is 7.05 Å². The summed E-state index contributed by atoms with van der Waals surface area (Å²) in [5.74, 6) is 0.309. The van der Waals surface area contributed by atoms with Crippen molar-refractivity contribution in [2.75, 3.05) is 12.8 Å². The van der Waals surface area contributed by atoms with Crippen molar-refractivity contribution >= 4 is 34.2 Å². The molecule has 3 aromatic rings. The number of hydrogen-bond acceptors (Lipinski definition) is 4. The Morgan fingerprint density at radius 2 is 1.95 bits per heavy atom. The lowest BCUT2D eigenvalue weighted by molar-refractivity contribution is -0.118.